The summed E-state index contributed by atoms with van der Waals surface area (Å²) in [4.78, 5) is 42.7. The Balaban J connectivity index is 3.73. The van der Waals surface area contributed by atoms with Crippen molar-refractivity contribution >= 4 is 17.9 Å². The van der Waals surface area contributed by atoms with E-state index in [9.17, 15) is 14.4 Å². The fourth-order valence-corrected chi connectivity index (χ4v) is 4.05. The van der Waals surface area contributed by atoms with Gasteiger partial charge in [-0.05, 0) is 105 Å². The zero-order valence-electron chi connectivity index (χ0n) is 25.5. The molecule has 210 valence electrons. The Labute approximate surface area is 225 Å². The number of benzene rings is 1. The van der Waals surface area contributed by atoms with E-state index in [0.717, 1.165) is 16.7 Å². The lowest BCUT2D eigenvalue weighted by Gasteiger charge is -2.45. The van der Waals surface area contributed by atoms with Crippen molar-refractivity contribution in [2.75, 3.05) is 0 Å². The summed E-state index contributed by atoms with van der Waals surface area (Å²) in [7, 11) is 0. The summed E-state index contributed by atoms with van der Waals surface area (Å²) in [5.74, 6) is -0.441. The molecule has 0 spiro atoms. The van der Waals surface area contributed by atoms with Crippen molar-refractivity contribution < 1.29 is 19.1 Å². The molecule has 37 heavy (non-hydrogen) atoms. The maximum absolute atomic E-state index is 14.4. The van der Waals surface area contributed by atoms with E-state index in [4.69, 9.17) is 4.74 Å². The first-order valence-electron chi connectivity index (χ1n) is 13.4. The van der Waals surface area contributed by atoms with Crippen LogP contribution in [0, 0.1) is 19.8 Å². The summed E-state index contributed by atoms with van der Waals surface area (Å²) >= 11 is 0. The standard InChI is InChI=1S/C30H51N3O4/c1-14-30(12,13)33(26(35)23(17-19(2)3)31-27(36)37-29(9,10)11)24(25(34)32-28(6,7)8)22-16-15-20(4)21(5)18-22/h15-16,18-19,23-24H,14,17H2,1-13H3,(H,31,36)(H,32,34). The van der Waals surface area contributed by atoms with Gasteiger partial charge in [-0.3, -0.25) is 9.59 Å². The van der Waals surface area contributed by atoms with E-state index in [1.165, 1.54) is 0 Å². The number of hydrogen-bond donors (Lipinski definition) is 2. The highest BCUT2D eigenvalue weighted by Crippen LogP contribution is 2.34. The van der Waals surface area contributed by atoms with E-state index < -0.39 is 34.9 Å². The highest BCUT2D eigenvalue weighted by molar-refractivity contribution is 5.93. The van der Waals surface area contributed by atoms with Crippen LogP contribution in [0.3, 0.4) is 0 Å². The van der Waals surface area contributed by atoms with Gasteiger partial charge in [0.25, 0.3) is 0 Å². The van der Waals surface area contributed by atoms with Crippen LogP contribution in [-0.2, 0) is 14.3 Å². The molecule has 1 aromatic rings. The molecule has 7 heteroatoms. The van der Waals surface area contributed by atoms with Crippen LogP contribution >= 0.6 is 0 Å². The van der Waals surface area contributed by atoms with Gasteiger partial charge >= 0.3 is 6.09 Å². The molecular weight excluding hydrogens is 466 g/mol. The van der Waals surface area contributed by atoms with E-state index in [2.05, 4.69) is 10.6 Å². The fourth-order valence-electron chi connectivity index (χ4n) is 4.05. The third kappa shape index (κ3) is 10.0. The largest absolute Gasteiger partial charge is 0.444 e. The van der Waals surface area contributed by atoms with Gasteiger partial charge in [0.15, 0.2) is 0 Å². The molecule has 0 aliphatic heterocycles. The minimum atomic E-state index is -0.879. The van der Waals surface area contributed by atoms with Crippen LogP contribution in [0.1, 0.15) is 112 Å². The lowest BCUT2D eigenvalue weighted by Crippen LogP contribution is -2.60. The predicted octanol–water partition coefficient (Wildman–Crippen LogP) is 6.22. The smallest absolute Gasteiger partial charge is 0.408 e. The predicted molar refractivity (Wildman–Crippen MR) is 150 cm³/mol. The van der Waals surface area contributed by atoms with E-state index >= 15 is 0 Å². The quantitative estimate of drug-likeness (QED) is 0.407. The molecule has 0 aliphatic rings. The SMILES string of the molecule is CCC(C)(C)N(C(=O)C(CC(C)C)NC(=O)OC(C)(C)C)C(C(=O)NC(C)(C)C)c1ccc(C)c(C)c1. The summed E-state index contributed by atoms with van der Waals surface area (Å²) in [6.45, 7) is 25.1. The molecule has 2 unspecified atom stereocenters. The van der Waals surface area contributed by atoms with Crippen LogP contribution in [-0.4, -0.2) is 45.5 Å². The van der Waals surface area contributed by atoms with Crippen molar-refractivity contribution in [2.45, 2.75) is 132 Å². The number of carbonyl (C=O) groups is 3. The summed E-state index contributed by atoms with van der Waals surface area (Å²) < 4.78 is 5.48. The summed E-state index contributed by atoms with van der Waals surface area (Å²) in [6.07, 6.45) is 0.376. The number of alkyl carbamates (subject to hydrolysis) is 1. The Bertz CT molecular complexity index is 955. The number of hydrogen-bond acceptors (Lipinski definition) is 4. The van der Waals surface area contributed by atoms with Crippen molar-refractivity contribution in [3.63, 3.8) is 0 Å². The van der Waals surface area contributed by atoms with Gasteiger partial charge in [-0.2, -0.15) is 0 Å². The van der Waals surface area contributed by atoms with E-state index in [1.54, 1.807) is 25.7 Å². The van der Waals surface area contributed by atoms with Crippen LogP contribution in [0.15, 0.2) is 18.2 Å². The van der Waals surface area contributed by atoms with Crippen molar-refractivity contribution in [3.05, 3.63) is 34.9 Å². The number of amides is 3. The minimum absolute atomic E-state index is 0.124. The highest BCUT2D eigenvalue weighted by atomic mass is 16.6. The van der Waals surface area contributed by atoms with E-state index in [0.29, 0.717) is 12.8 Å². The molecular formula is C30H51N3O4. The summed E-state index contributed by atoms with van der Waals surface area (Å²) in [5.41, 5.74) is 1.01. The monoisotopic (exact) mass is 517 g/mol. The normalized spacial score (nSPS) is 14.1. The number of nitrogens with one attached hydrogen (secondary N) is 2. The summed E-state index contributed by atoms with van der Waals surface area (Å²) in [6, 6.07) is 4.15. The average molecular weight is 518 g/mol. The van der Waals surface area contributed by atoms with Crippen LogP contribution in [0.25, 0.3) is 0 Å². The van der Waals surface area contributed by atoms with E-state index in [1.807, 2.05) is 87.4 Å². The molecule has 1 rings (SSSR count). The number of ether oxygens (including phenoxy) is 1. The second-order valence-electron chi connectivity index (χ2n) is 13.2. The number of aryl methyl sites for hydroxylation is 2. The lowest BCUT2D eigenvalue weighted by atomic mass is 9.89. The molecule has 0 saturated carbocycles. The zero-order valence-corrected chi connectivity index (χ0v) is 25.5. The third-order valence-corrected chi connectivity index (χ3v) is 6.30. The molecule has 0 bridgehead atoms. The van der Waals surface area contributed by atoms with Crippen LogP contribution in [0.4, 0.5) is 4.79 Å². The molecule has 3 amide bonds. The second kappa shape index (κ2) is 12.3. The third-order valence-electron chi connectivity index (χ3n) is 6.30. The molecule has 0 radical (unpaired) electrons. The number of rotatable bonds is 9. The average Bonchev–Trinajstić information content (AvgIpc) is 2.69. The maximum atomic E-state index is 14.4. The van der Waals surface area contributed by atoms with Gasteiger partial charge in [-0.15, -0.1) is 0 Å². The number of carbonyl (C=O) groups excluding carboxylic acids is 3. The molecule has 7 nitrogen and oxygen atoms in total. The first-order valence-corrected chi connectivity index (χ1v) is 13.4. The van der Waals surface area contributed by atoms with Crippen molar-refractivity contribution in [2.24, 2.45) is 5.92 Å². The molecule has 1 aromatic carbocycles. The molecule has 0 aliphatic carbocycles. The van der Waals surface area contributed by atoms with Gasteiger partial charge in [0, 0.05) is 11.1 Å². The first kappa shape index (κ1) is 32.5. The Kier molecular flexibility index (Phi) is 10.8. The molecule has 0 heterocycles. The number of nitrogens with zero attached hydrogens (tertiary/aromatic N) is 1. The lowest BCUT2D eigenvalue weighted by molar-refractivity contribution is -0.150. The molecule has 0 saturated heterocycles. The van der Waals surface area contributed by atoms with Crippen molar-refractivity contribution in [1.82, 2.24) is 15.5 Å². The van der Waals surface area contributed by atoms with Gasteiger partial charge in [-0.25, -0.2) is 4.79 Å². The molecule has 2 N–H and O–H groups in total. The molecule has 0 fully saturated rings. The maximum Gasteiger partial charge on any atom is 0.408 e. The first-order chi connectivity index (χ1) is 16.7. The Hall–Kier alpha value is -2.57. The fraction of sp³-hybridized carbons (Fsp3) is 0.700. The summed E-state index contributed by atoms with van der Waals surface area (Å²) in [5, 5.41) is 5.90. The van der Waals surface area contributed by atoms with Crippen molar-refractivity contribution in [3.8, 4) is 0 Å². The van der Waals surface area contributed by atoms with Gasteiger partial charge in [0.05, 0.1) is 0 Å². The zero-order chi connectivity index (χ0) is 28.9. The molecule has 2 atom stereocenters. The Morgan fingerprint density at radius 3 is 1.95 bits per heavy atom. The topological polar surface area (TPSA) is 87.7 Å². The van der Waals surface area contributed by atoms with Gasteiger partial charge in [-0.1, -0.05) is 39.0 Å². The van der Waals surface area contributed by atoms with Gasteiger partial charge < -0.3 is 20.3 Å². The Morgan fingerprint density at radius 1 is 0.946 bits per heavy atom. The van der Waals surface area contributed by atoms with Gasteiger partial charge in [0.1, 0.15) is 17.7 Å². The molecule has 0 aromatic heterocycles. The second-order valence-corrected chi connectivity index (χ2v) is 13.2. The van der Waals surface area contributed by atoms with Crippen LogP contribution in [0.5, 0.6) is 0 Å². The Morgan fingerprint density at radius 2 is 1.51 bits per heavy atom. The van der Waals surface area contributed by atoms with Crippen LogP contribution < -0.4 is 10.6 Å². The minimum Gasteiger partial charge on any atom is -0.444 e. The van der Waals surface area contributed by atoms with Crippen molar-refractivity contribution in [1.29, 1.82) is 0 Å². The van der Waals surface area contributed by atoms with Gasteiger partial charge in [0.2, 0.25) is 11.8 Å². The van der Waals surface area contributed by atoms with E-state index in [-0.39, 0.29) is 17.7 Å². The van der Waals surface area contributed by atoms with Crippen LogP contribution in [0.2, 0.25) is 0 Å². The highest BCUT2D eigenvalue weighted by Gasteiger charge is 2.43.